The minimum atomic E-state index is 0.0557. The first kappa shape index (κ1) is 22.1. The molecule has 5 nitrogen and oxygen atoms in total. The second-order valence-electron chi connectivity index (χ2n) is 8.90. The molecule has 0 spiro atoms. The molecule has 4 rings (SSSR count). The molecule has 0 radical (unpaired) electrons. The van der Waals surface area contributed by atoms with Gasteiger partial charge < -0.3 is 14.4 Å². The molecule has 166 valence electrons. The second kappa shape index (κ2) is 10.0. The Morgan fingerprint density at radius 2 is 1.71 bits per heavy atom. The van der Waals surface area contributed by atoms with Gasteiger partial charge in [-0.3, -0.25) is 9.69 Å². The predicted octanol–water partition coefficient (Wildman–Crippen LogP) is 4.49. The first-order valence-electron chi connectivity index (χ1n) is 11.1. The van der Waals surface area contributed by atoms with Crippen molar-refractivity contribution >= 4 is 17.5 Å². The van der Waals surface area contributed by atoms with Crippen LogP contribution >= 0.6 is 11.6 Å². The molecule has 2 fully saturated rings. The number of benzene rings is 2. The van der Waals surface area contributed by atoms with E-state index in [1.165, 1.54) is 0 Å². The molecule has 2 heterocycles. The Kier molecular flexibility index (Phi) is 7.16. The number of hydrogen-bond donors (Lipinski definition) is 0. The number of carbonyl (C=O) groups excluding carboxylic acids is 1. The predicted molar refractivity (Wildman–Crippen MR) is 123 cm³/mol. The van der Waals surface area contributed by atoms with Gasteiger partial charge in [0.1, 0.15) is 12.4 Å². The molecule has 0 unspecified atom stereocenters. The Morgan fingerprint density at radius 1 is 1.03 bits per heavy atom. The number of likely N-dealkylation sites (tertiary alicyclic amines) is 1. The van der Waals surface area contributed by atoms with E-state index in [0.29, 0.717) is 22.9 Å². The van der Waals surface area contributed by atoms with Gasteiger partial charge in [0.2, 0.25) is 0 Å². The monoisotopic (exact) mass is 442 g/mol. The van der Waals surface area contributed by atoms with Crippen LogP contribution < -0.4 is 4.74 Å². The summed E-state index contributed by atoms with van der Waals surface area (Å²) in [4.78, 5) is 17.8. The summed E-state index contributed by atoms with van der Waals surface area (Å²) in [5, 5.41) is 0.699. The first-order chi connectivity index (χ1) is 15.0. The van der Waals surface area contributed by atoms with Gasteiger partial charge in [0.15, 0.2) is 0 Å². The molecule has 2 aliphatic heterocycles. The lowest BCUT2D eigenvalue weighted by molar-refractivity contribution is 0.00457. The number of hydrogen-bond acceptors (Lipinski definition) is 4. The van der Waals surface area contributed by atoms with Crippen molar-refractivity contribution in [3.8, 4) is 5.75 Å². The summed E-state index contributed by atoms with van der Waals surface area (Å²) < 4.78 is 11.5. The third-order valence-electron chi connectivity index (χ3n) is 6.39. The van der Waals surface area contributed by atoms with E-state index < -0.39 is 0 Å². The molecule has 0 atom stereocenters. The maximum Gasteiger partial charge on any atom is 0.257 e. The van der Waals surface area contributed by atoms with Crippen LogP contribution in [0.4, 0.5) is 0 Å². The summed E-state index contributed by atoms with van der Waals surface area (Å²) in [6.45, 7) is 9.08. The van der Waals surface area contributed by atoms with Crippen LogP contribution in [0.1, 0.15) is 35.7 Å². The highest BCUT2D eigenvalue weighted by Gasteiger charge is 2.34. The average molecular weight is 443 g/mol. The fourth-order valence-electron chi connectivity index (χ4n) is 4.39. The van der Waals surface area contributed by atoms with Crippen LogP contribution in [0.3, 0.4) is 0 Å². The Hall–Kier alpha value is -2.08. The van der Waals surface area contributed by atoms with Gasteiger partial charge in [-0.25, -0.2) is 0 Å². The van der Waals surface area contributed by atoms with Crippen molar-refractivity contribution in [1.82, 2.24) is 9.80 Å². The highest BCUT2D eigenvalue weighted by atomic mass is 35.5. The lowest BCUT2D eigenvalue weighted by Gasteiger charge is -2.43. The highest BCUT2D eigenvalue weighted by Crippen LogP contribution is 2.33. The molecule has 2 aromatic carbocycles. The normalized spacial score (nSPS) is 19.2. The molecule has 0 bridgehead atoms. The quantitative estimate of drug-likeness (QED) is 0.660. The van der Waals surface area contributed by atoms with Crippen LogP contribution in [0.15, 0.2) is 48.5 Å². The van der Waals surface area contributed by atoms with E-state index in [0.717, 1.165) is 64.3 Å². The molecule has 6 heteroatoms. The van der Waals surface area contributed by atoms with Gasteiger partial charge in [-0.2, -0.15) is 0 Å². The Bertz CT molecular complexity index is 873. The first-order valence-corrected chi connectivity index (χ1v) is 11.5. The summed E-state index contributed by atoms with van der Waals surface area (Å²) in [6.07, 6.45) is 2.04. The van der Waals surface area contributed by atoms with Crippen LogP contribution in [0.25, 0.3) is 0 Å². The van der Waals surface area contributed by atoms with Crippen molar-refractivity contribution in [1.29, 1.82) is 0 Å². The number of halogens is 1. The number of piperidine rings is 1. The lowest BCUT2D eigenvalue weighted by Crippen LogP contribution is -2.48. The smallest absolute Gasteiger partial charge is 0.257 e. The second-order valence-corrected chi connectivity index (χ2v) is 9.34. The third-order valence-corrected chi connectivity index (χ3v) is 6.64. The van der Waals surface area contributed by atoms with Crippen LogP contribution in [0, 0.1) is 5.41 Å². The number of amides is 1. The van der Waals surface area contributed by atoms with Gasteiger partial charge in [0.25, 0.3) is 5.91 Å². The average Bonchev–Trinajstić information content (AvgIpc) is 2.79. The zero-order valence-corrected chi connectivity index (χ0v) is 18.9. The lowest BCUT2D eigenvalue weighted by atomic mass is 9.79. The highest BCUT2D eigenvalue weighted by molar-refractivity contribution is 6.30. The Labute approximate surface area is 189 Å². The van der Waals surface area contributed by atoms with Crippen LogP contribution in [0.2, 0.25) is 5.02 Å². The van der Waals surface area contributed by atoms with E-state index in [9.17, 15) is 4.79 Å². The maximum absolute atomic E-state index is 13.3. The molecule has 2 saturated heterocycles. The van der Waals surface area contributed by atoms with Crippen LogP contribution in [0.5, 0.6) is 5.75 Å². The van der Waals surface area contributed by atoms with Gasteiger partial charge in [-0.1, -0.05) is 42.8 Å². The molecule has 0 saturated carbocycles. The maximum atomic E-state index is 13.3. The number of nitrogens with zero attached hydrogens (tertiary/aromatic N) is 2. The van der Waals surface area contributed by atoms with Gasteiger partial charge in [-0.15, -0.1) is 0 Å². The van der Waals surface area contributed by atoms with Gasteiger partial charge >= 0.3 is 0 Å². The van der Waals surface area contributed by atoms with Crippen molar-refractivity contribution < 1.29 is 14.3 Å². The van der Waals surface area contributed by atoms with Crippen molar-refractivity contribution in [2.24, 2.45) is 5.41 Å². The summed E-state index contributed by atoms with van der Waals surface area (Å²) in [5.74, 6) is 0.684. The molecule has 31 heavy (non-hydrogen) atoms. The van der Waals surface area contributed by atoms with Crippen LogP contribution in [-0.2, 0) is 11.3 Å². The summed E-state index contributed by atoms with van der Waals surface area (Å²) in [5.41, 5.74) is 1.90. The molecule has 0 N–H and O–H groups in total. The topological polar surface area (TPSA) is 42.0 Å². The molecular weight excluding hydrogens is 412 g/mol. The van der Waals surface area contributed by atoms with Crippen LogP contribution in [-0.4, -0.2) is 61.6 Å². The Balaban J connectivity index is 1.36. The van der Waals surface area contributed by atoms with Gasteiger partial charge in [-0.05, 0) is 48.1 Å². The molecule has 2 aromatic rings. The van der Waals surface area contributed by atoms with E-state index in [-0.39, 0.29) is 11.3 Å². The third kappa shape index (κ3) is 5.79. The van der Waals surface area contributed by atoms with E-state index in [2.05, 4.69) is 11.8 Å². The van der Waals surface area contributed by atoms with Gasteiger partial charge in [0.05, 0.1) is 18.8 Å². The van der Waals surface area contributed by atoms with Crippen molar-refractivity contribution in [2.75, 3.05) is 45.9 Å². The SMILES string of the molecule is CC1(CN2CCOCC2)CCN(C(=O)c2ccccc2OCc2ccc(Cl)cc2)CC1. The van der Waals surface area contributed by atoms with E-state index in [4.69, 9.17) is 21.1 Å². The number of para-hydroxylation sites is 1. The van der Waals surface area contributed by atoms with E-state index in [1.54, 1.807) is 0 Å². The summed E-state index contributed by atoms with van der Waals surface area (Å²) >= 11 is 5.96. The standard InChI is InChI=1S/C25H31ClN2O3/c1-25(19-27-14-16-30-17-15-27)10-12-28(13-11-25)24(29)22-4-2-3-5-23(22)31-18-20-6-8-21(26)9-7-20/h2-9H,10-19H2,1H3. The summed E-state index contributed by atoms with van der Waals surface area (Å²) in [6, 6.07) is 15.1. The zero-order chi connectivity index (χ0) is 21.7. The van der Waals surface area contributed by atoms with Gasteiger partial charge in [0, 0.05) is 37.7 Å². The Morgan fingerprint density at radius 3 is 2.42 bits per heavy atom. The molecular formula is C25H31ClN2O3. The zero-order valence-electron chi connectivity index (χ0n) is 18.2. The minimum Gasteiger partial charge on any atom is -0.488 e. The molecule has 1 amide bonds. The molecule has 0 aliphatic carbocycles. The van der Waals surface area contributed by atoms with Crippen molar-refractivity contribution in [2.45, 2.75) is 26.4 Å². The summed E-state index contributed by atoms with van der Waals surface area (Å²) in [7, 11) is 0. The van der Waals surface area contributed by atoms with Crippen molar-refractivity contribution in [3.63, 3.8) is 0 Å². The number of rotatable bonds is 6. The molecule has 0 aromatic heterocycles. The van der Waals surface area contributed by atoms with E-state index >= 15 is 0 Å². The number of ether oxygens (including phenoxy) is 2. The molecule has 2 aliphatic rings. The van der Waals surface area contributed by atoms with Crippen molar-refractivity contribution in [3.05, 3.63) is 64.7 Å². The number of carbonyl (C=O) groups is 1. The fraction of sp³-hybridized carbons (Fsp3) is 0.480. The number of morpholine rings is 1. The largest absolute Gasteiger partial charge is 0.488 e. The fourth-order valence-corrected chi connectivity index (χ4v) is 4.51. The van der Waals surface area contributed by atoms with E-state index in [1.807, 2.05) is 53.4 Å². The minimum absolute atomic E-state index is 0.0557.